The second kappa shape index (κ2) is 8.42. The van der Waals surface area contributed by atoms with Crippen molar-refractivity contribution in [2.24, 2.45) is 17.8 Å². The van der Waals surface area contributed by atoms with Gasteiger partial charge in [-0.15, -0.1) is 0 Å². The molecule has 10 heteroatoms. The molecular formula is C20H32F3N5OS. The van der Waals surface area contributed by atoms with Gasteiger partial charge in [0.2, 0.25) is 5.91 Å². The number of amides is 1. The third-order valence-electron chi connectivity index (χ3n) is 7.71. The summed E-state index contributed by atoms with van der Waals surface area (Å²) in [5.41, 5.74) is 3.50. The number of carbonyl (C=O) groups excluding carboxylic acids is 1. The van der Waals surface area contributed by atoms with Crippen LogP contribution in [0.1, 0.15) is 44.9 Å². The van der Waals surface area contributed by atoms with E-state index >= 15 is 0 Å². The zero-order valence-electron chi connectivity index (χ0n) is 17.1. The van der Waals surface area contributed by atoms with Gasteiger partial charge in [0, 0.05) is 37.1 Å². The molecule has 5 fully saturated rings. The van der Waals surface area contributed by atoms with E-state index in [2.05, 4.69) is 25.8 Å². The molecule has 4 saturated heterocycles. The van der Waals surface area contributed by atoms with Gasteiger partial charge < -0.3 is 10.6 Å². The SMILES string of the molecule is O=C(NC1CCNC(C(F)(F)F)C1)C1SNC(C2CCCN3NCCC23)C1C1CC1. The normalized spacial score (nSPS) is 42.8. The highest BCUT2D eigenvalue weighted by atomic mass is 32.2. The van der Waals surface area contributed by atoms with Gasteiger partial charge in [0.25, 0.3) is 0 Å². The van der Waals surface area contributed by atoms with Crippen molar-refractivity contribution in [2.45, 2.75) is 80.5 Å². The zero-order valence-corrected chi connectivity index (χ0v) is 17.9. The highest BCUT2D eigenvalue weighted by molar-refractivity contribution is 7.99. The maximum absolute atomic E-state index is 13.2. The summed E-state index contributed by atoms with van der Waals surface area (Å²) in [5, 5.41) is 7.71. The Morgan fingerprint density at radius 2 is 1.93 bits per heavy atom. The highest BCUT2D eigenvalue weighted by Gasteiger charge is 2.54. The number of nitrogens with one attached hydrogen (secondary N) is 4. The lowest BCUT2D eigenvalue weighted by atomic mass is 9.75. The number of piperidine rings is 2. The van der Waals surface area contributed by atoms with E-state index in [1.807, 2.05) is 0 Å². The lowest BCUT2D eigenvalue weighted by molar-refractivity contribution is -0.162. The standard InChI is InChI=1S/C20H32F3N5OS/c21-20(22,23)15-10-12(5-7-24-15)26-19(29)18-16(11-3-4-11)17(27-30-18)13-2-1-9-28-14(13)6-8-25-28/h11-18,24-25,27H,1-10H2,(H,26,29). The third kappa shape index (κ3) is 4.22. The summed E-state index contributed by atoms with van der Waals surface area (Å²) in [6.45, 7) is 2.40. The zero-order chi connectivity index (χ0) is 20.9. The van der Waals surface area contributed by atoms with Gasteiger partial charge in [0.05, 0.1) is 0 Å². The smallest absolute Gasteiger partial charge is 0.352 e. The average Bonchev–Trinajstić information content (AvgIpc) is 3.26. The average molecular weight is 448 g/mol. The minimum Gasteiger partial charge on any atom is -0.352 e. The maximum atomic E-state index is 13.2. The van der Waals surface area contributed by atoms with Crippen molar-refractivity contribution < 1.29 is 18.0 Å². The molecule has 1 amide bonds. The van der Waals surface area contributed by atoms with Crippen molar-refractivity contribution in [2.75, 3.05) is 19.6 Å². The highest BCUT2D eigenvalue weighted by Crippen LogP contribution is 2.50. The van der Waals surface area contributed by atoms with Crippen LogP contribution in [0, 0.1) is 17.8 Å². The quantitative estimate of drug-likeness (QED) is 0.493. The Morgan fingerprint density at radius 1 is 1.10 bits per heavy atom. The molecular weight excluding hydrogens is 415 g/mol. The Balaban J connectivity index is 1.25. The number of halogens is 3. The predicted molar refractivity (Wildman–Crippen MR) is 109 cm³/mol. The molecule has 6 nitrogen and oxygen atoms in total. The predicted octanol–water partition coefficient (Wildman–Crippen LogP) is 1.79. The van der Waals surface area contributed by atoms with Crippen molar-refractivity contribution in [1.82, 2.24) is 25.8 Å². The molecule has 170 valence electrons. The van der Waals surface area contributed by atoms with Crippen molar-refractivity contribution >= 4 is 17.9 Å². The Labute approximate surface area is 179 Å². The van der Waals surface area contributed by atoms with E-state index in [0.29, 0.717) is 30.3 Å². The van der Waals surface area contributed by atoms with Crippen LogP contribution in [0.15, 0.2) is 0 Å². The van der Waals surface area contributed by atoms with Crippen LogP contribution in [0.2, 0.25) is 0 Å². The van der Waals surface area contributed by atoms with Gasteiger partial charge in [0.1, 0.15) is 11.3 Å². The van der Waals surface area contributed by atoms with Gasteiger partial charge in [-0.3, -0.25) is 14.9 Å². The van der Waals surface area contributed by atoms with E-state index in [0.717, 1.165) is 32.4 Å². The molecule has 0 aromatic rings. The van der Waals surface area contributed by atoms with Gasteiger partial charge in [-0.2, -0.15) is 13.2 Å². The molecule has 4 heterocycles. The molecule has 0 aromatic carbocycles. The summed E-state index contributed by atoms with van der Waals surface area (Å²) in [4.78, 5) is 13.2. The number of fused-ring (bicyclic) bond motifs is 1. The molecule has 5 aliphatic rings. The number of carbonyl (C=O) groups is 1. The third-order valence-corrected chi connectivity index (χ3v) is 8.90. The first-order valence-corrected chi connectivity index (χ1v) is 12.3. The fourth-order valence-corrected chi connectivity index (χ4v) is 7.49. The monoisotopic (exact) mass is 447 g/mol. The van der Waals surface area contributed by atoms with Gasteiger partial charge in [-0.25, -0.2) is 5.01 Å². The first kappa shape index (κ1) is 21.3. The van der Waals surface area contributed by atoms with Crippen LogP contribution in [0.3, 0.4) is 0 Å². The summed E-state index contributed by atoms with van der Waals surface area (Å²) in [5.74, 6) is 1.30. The van der Waals surface area contributed by atoms with E-state index in [4.69, 9.17) is 0 Å². The molecule has 30 heavy (non-hydrogen) atoms. The van der Waals surface area contributed by atoms with Crippen LogP contribution in [0.4, 0.5) is 13.2 Å². The summed E-state index contributed by atoms with van der Waals surface area (Å²) in [7, 11) is 0. The first-order valence-electron chi connectivity index (χ1n) is 11.4. The van der Waals surface area contributed by atoms with Gasteiger partial charge in [-0.1, -0.05) is 11.9 Å². The minimum atomic E-state index is -4.27. The van der Waals surface area contributed by atoms with E-state index in [9.17, 15) is 18.0 Å². The molecule has 1 saturated carbocycles. The maximum Gasteiger partial charge on any atom is 0.403 e. The van der Waals surface area contributed by atoms with Crippen LogP contribution in [-0.2, 0) is 4.79 Å². The molecule has 7 unspecified atom stereocenters. The van der Waals surface area contributed by atoms with E-state index in [1.54, 1.807) is 0 Å². The lowest BCUT2D eigenvalue weighted by Gasteiger charge is -2.41. The van der Waals surface area contributed by atoms with Crippen molar-refractivity contribution in [3.05, 3.63) is 0 Å². The summed E-state index contributed by atoms with van der Waals surface area (Å²) in [6.07, 6.45) is 2.02. The fourth-order valence-electron chi connectivity index (χ4n) is 6.13. The second-order valence-corrected chi connectivity index (χ2v) is 10.6. The molecule has 0 bridgehead atoms. The van der Waals surface area contributed by atoms with Crippen molar-refractivity contribution in [3.63, 3.8) is 0 Å². The summed E-state index contributed by atoms with van der Waals surface area (Å²) in [6, 6.07) is -1.10. The van der Waals surface area contributed by atoms with E-state index in [1.165, 1.54) is 24.8 Å². The number of hydrogen-bond acceptors (Lipinski definition) is 6. The Bertz CT molecular complexity index is 648. The number of rotatable bonds is 4. The fraction of sp³-hybridized carbons (Fsp3) is 0.950. The molecule has 1 aliphatic carbocycles. The largest absolute Gasteiger partial charge is 0.403 e. The number of alkyl halides is 3. The van der Waals surface area contributed by atoms with Crippen molar-refractivity contribution in [1.29, 1.82) is 0 Å². The number of hydrazine groups is 1. The number of hydrogen-bond donors (Lipinski definition) is 4. The lowest BCUT2D eigenvalue weighted by Crippen LogP contribution is -2.55. The van der Waals surface area contributed by atoms with E-state index < -0.39 is 18.3 Å². The van der Waals surface area contributed by atoms with Gasteiger partial charge in [-0.05, 0) is 63.3 Å². The molecule has 5 rings (SSSR count). The molecule has 0 spiro atoms. The number of nitrogens with zero attached hydrogens (tertiary/aromatic N) is 1. The molecule has 0 radical (unpaired) electrons. The van der Waals surface area contributed by atoms with E-state index in [-0.39, 0.29) is 30.0 Å². The van der Waals surface area contributed by atoms with Crippen LogP contribution in [-0.4, -0.2) is 66.1 Å². The second-order valence-electron chi connectivity index (χ2n) is 9.64. The minimum absolute atomic E-state index is 0.0723. The van der Waals surface area contributed by atoms with Crippen LogP contribution in [0.5, 0.6) is 0 Å². The molecule has 4 aliphatic heterocycles. The van der Waals surface area contributed by atoms with Gasteiger partial charge >= 0.3 is 6.18 Å². The first-order chi connectivity index (χ1) is 14.4. The van der Waals surface area contributed by atoms with Crippen molar-refractivity contribution in [3.8, 4) is 0 Å². The van der Waals surface area contributed by atoms with Crippen LogP contribution in [0.25, 0.3) is 0 Å². The summed E-state index contributed by atoms with van der Waals surface area (Å²) < 4.78 is 42.9. The van der Waals surface area contributed by atoms with Gasteiger partial charge in [0.15, 0.2) is 0 Å². The molecule has 4 N–H and O–H groups in total. The molecule has 7 atom stereocenters. The summed E-state index contributed by atoms with van der Waals surface area (Å²) >= 11 is 1.52. The Hall–Kier alpha value is -0.550. The Kier molecular flexibility index (Phi) is 5.98. The molecule has 0 aromatic heterocycles. The Morgan fingerprint density at radius 3 is 2.70 bits per heavy atom. The topological polar surface area (TPSA) is 68.4 Å². The van der Waals surface area contributed by atoms with Crippen LogP contribution < -0.4 is 20.8 Å². The van der Waals surface area contributed by atoms with Crippen LogP contribution >= 0.6 is 11.9 Å².